The lowest BCUT2D eigenvalue weighted by atomic mass is 10.1. The van der Waals surface area contributed by atoms with Gasteiger partial charge in [-0.3, -0.25) is 4.79 Å². The molecule has 0 aliphatic heterocycles. The van der Waals surface area contributed by atoms with Crippen LogP contribution in [0.5, 0.6) is 17.2 Å². The molecule has 0 spiro atoms. The van der Waals surface area contributed by atoms with Crippen molar-refractivity contribution in [1.82, 2.24) is 0 Å². The highest BCUT2D eigenvalue weighted by atomic mass is 16.5. The first-order valence-electron chi connectivity index (χ1n) is 7.75. The summed E-state index contributed by atoms with van der Waals surface area (Å²) >= 11 is 0. The van der Waals surface area contributed by atoms with Crippen LogP contribution in [0.3, 0.4) is 0 Å². The number of anilines is 1. The minimum absolute atomic E-state index is 0.136. The number of nitrogens with one attached hydrogen (secondary N) is 1. The van der Waals surface area contributed by atoms with E-state index in [0.29, 0.717) is 23.8 Å². The maximum Gasteiger partial charge on any atom is 0.227 e. The summed E-state index contributed by atoms with van der Waals surface area (Å²) in [5.41, 5.74) is 2.88. The molecule has 1 N–H and O–H groups in total. The average molecular weight is 329 g/mol. The van der Waals surface area contributed by atoms with Crippen molar-refractivity contribution in [1.29, 1.82) is 0 Å². The molecule has 2 rings (SSSR count). The van der Waals surface area contributed by atoms with Crippen LogP contribution in [0, 0.1) is 13.8 Å². The fraction of sp³-hybridized carbons (Fsp3) is 0.316. The van der Waals surface area contributed by atoms with Gasteiger partial charge in [0.25, 0.3) is 0 Å². The zero-order valence-electron chi connectivity index (χ0n) is 14.5. The summed E-state index contributed by atoms with van der Waals surface area (Å²) in [6, 6.07) is 11.2. The molecular formula is C19H23NO4. The molecule has 1 amide bonds. The van der Waals surface area contributed by atoms with Crippen molar-refractivity contribution >= 4 is 11.6 Å². The van der Waals surface area contributed by atoms with Gasteiger partial charge in [0.2, 0.25) is 5.91 Å². The molecular weight excluding hydrogens is 306 g/mol. The first-order chi connectivity index (χ1) is 11.5. The quantitative estimate of drug-likeness (QED) is 0.841. The first-order valence-corrected chi connectivity index (χ1v) is 7.75. The van der Waals surface area contributed by atoms with E-state index in [-0.39, 0.29) is 12.3 Å². The molecule has 24 heavy (non-hydrogen) atoms. The highest BCUT2D eigenvalue weighted by molar-refractivity contribution is 5.92. The maximum atomic E-state index is 12.1. The van der Waals surface area contributed by atoms with Crippen molar-refractivity contribution in [2.75, 3.05) is 26.1 Å². The van der Waals surface area contributed by atoms with Gasteiger partial charge in [0.15, 0.2) is 0 Å². The second-order valence-corrected chi connectivity index (χ2v) is 5.54. The van der Waals surface area contributed by atoms with Crippen LogP contribution in [0.2, 0.25) is 0 Å². The Balaban J connectivity index is 1.89. The number of hydrogen-bond donors (Lipinski definition) is 1. The van der Waals surface area contributed by atoms with E-state index in [1.54, 1.807) is 32.4 Å². The van der Waals surface area contributed by atoms with E-state index in [1.165, 1.54) is 0 Å². The number of rotatable bonds is 7. The number of methoxy groups -OCH3 is 2. The van der Waals surface area contributed by atoms with Crippen LogP contribution in [-0.2, 0) is 4.79 Å². The normalized spacial score (nSPS) is 10.2. The van der Waals surface area contributed by atoms with E-state index in [4.69, 9.17) is 14.2 Å². The molecule has 2 aromatic carbocycles. The van der Waals surface area contributed by atoms with E-state index >= 15 is 0 Å². The second kappa shape index (κ2) is 8.24. The standard InChI is InChI=1S/C19H23NO4/c1-13-9-14(2)11-16(10-13)24-8-7-19(21)20-17-6-5-15(22-3)12-18(17)23-4/h5-6,9-12H,7-8H2,1-4H3,(H,20,21). The maximum absolute atomic E-state index is 12.1. The van der Waals surface area contributed by atoms with E-state index in [0.717, 1.165) is 16.9 Å². The van der Waals surface area contributed by atoms with Gasteiger partial charge in [-0.05, 0) is 49.2 Å². The highest BCUT2D eigenvalue weighted by Gasteiger charge is 2.09. The van der Waals surface area contributed by atoms with Gasteiger partial charge < -0.3 is 19.5 Å². The van der Waals surface area contributed by atoms with Gasteiger partial charge in [-0.25, -0.2) is 0 Å². The Morgan fingerprint density at radius 3 is 2.29 bits per heavy atom. The number of carbonyl (C=O) groups excluding carboxylic acids is 1. The summed E-state index contributed by atoms with van der Waals surface area (Å²) in [4.78, 5) is 12.1. The van der Waals surface area contributed by atoms with Crippen molar-refractivity contribution < 1.29 is 19.0 Å². The fourth-order valence-corrected chi connectivity index (χ4v) is 2.39. The van der Waals surface area contributed by atoms with Crippen molar-refractivity contribution in [3.63, 3.8) is 0 Å². The smallest absolute Gasteiger partial charge is 0.227 e. The molecule has 0 fully saturated rings. The Morgan fingerprint density at radius 1 is 0.958 bits per heavy atom. The molecule has 0 atom stereocenters. The van der Waals surface area contributed by atoms with Crippen molar-refractivity contribution in [2.24, 2.45) is 0 Å². The van der Waals surface area contributed by atoms with Crippen LogP contribution in [0.1, 0.15) is 17.5 Å². The van der Waals surface area contributed by atoms with Gasteiger partial charge in [0.1, 0.15) is 17.2 Å². The molecule has 5 heteroatoms. The number of benzene rings is 2. The molecule has 0 saturated heterocycles. The van der Waals surface area contributed by atoms with E-state index in [1.807, 2.05) is 26.0 Å². The van der Waals surface area contributed by atoms with Gasteiger partial charge in [-0.2, -0.15) is 0 Å². The Labute approximate surface area is 142 Å². The predicted molar refractivity (Wildman–Crippen MR) is 94.2 cm³/mol. The average Bonchev–Trinajstić information content (AvgIpc) is 2.54. The summed E-state index contributed by atoms with van der Waals surface area (Å²) < 4.78 is 16.1. The molecule has 0 bridgehead atoms. The SMILES string of the molecule is COc1ccc(NC(=O)CCOc2cc(C)cc(C)c2)c(OC)c1. The molecule has 0 aliphatic rings. The molecule has 0 heterocycles. The van der Waals surface area contributed by atoms with Crippen LogP contribution in [0.15, 0.2) is 36.4 Å². The van der Waals surface area contributed by atoms with Gasteiger partial charge in [0, 0.05) is 6.07 Å². The molecule has 0 saturated carbocycles. The minimum Gasteiger partial charge on any atom is -0.497 e. The zero-order valence-corrected chi connectivity index (χ0v) is 14.5. The predicted octanol–water partition coefficient (Wildman–Crippen LogP) is 3.73. The van der Waals surface area contributed by atoms with Gasteiger partial charge in [-0.15, -0.1) is 0 Å². The monoisotopic (exact) mass is 329 g/mol. The lowest BCUT2D eigenvalue weighted by Crippen LogP contribution is -2.15. The lowest BCUT2D eigenvalue weighted by molar-refractivity contribution is -0.116. The number of carbonyl (C=O) groups is 1. The molecule has 5 nitrogen and oxygen atoms in total. The minimum atomic E-state index is -0.136. The van der Waals surface area contributed by atoms with Crippen LogP contribution in [-0.4, -0.2) is 26.7 Å². The summed E-state index contributed by atoms with van der Waals surface area (Å²) in [6.07, 6.45) is 0.252. The summed E-state index contributed by atoms with van der Waals surface area (Å²) in [7, 11) is 3.13. The third-order valence-electron chi connectivity index (χ3n) is 3.48. The van der Waals surface area contributed by atoms with E-state index in [2.05, 4.69) is 11.4 Å². The largest absolute Gasteiger partial charge is 0.497 e. The molecule has 0 aliphatic carbocycles. The lowest BCUT2D eigenvalue weighted by Gasteiger charge is -2.12. The number of amides is 1. The van der Waals surface area contributed by atoms with Crippen LogP contribution in [0.25, 0.3) is 0 Å². The fourth-order valence-electron chi connectivity index (χ4n) is 2.39. The molecule has 0 unspecified atom stereocenters. The van der Waals surface area contributed by atoms with Crippen molar-refractivity contribution in [2.45, 2.75) is 20.3 Å². The van der Waals surface area contributed by atoms with E-state index in [9.17, 15) is 4.79 Å². The van der Waals surface area contributed by atoms with Crippen LogP contribution < -0.4 is 19.5 Å². The van der Waals surface area contributed by atoms with Crippen LogP contribution >= 0.6 is 0 Å². The molecule has 0 aromatic heterocycles. The topological polar surface area (TPSA) is 56.8 Å². The Bertz CT molecular complexity index is 692. The molecule has 128 valence electrons. The van der Waals surface area contributed by atoms with Gasteiger partial charge in [-0.1, -0.05) is 6.07 Å². The number of hydrogen-bond acceptors (Lipinski definition) is 4. The third kappa shape index (κ3) is 4.91. The molecule has 0 radical (unpaired) electrons. The zero-order chi connectivity index (χ0) is 17.5. The first kappa shape index (κ1) is 17.7. The third-order valence-corrected chi connectivity index (χ3v) is 3.48. The Kier molecular flexibility index (Phi) is 6.07. The summed E-state index contributed by atoms with van der Waals surface area (Å²) in [6.45, 7) is 4.35. The number of aryl methyl sites for hydroxylation is 2. The summed E-state index contributed by atoms with van der Waals surface area (Å²) in [5.74, 6) is 1.87. The van der Waals surface area contributed by atoms with Gasteiger partial charge >= 0.3 is 0 Å². The van der Waals surface area contributed by atoms with E-state index < -0.39 is 0 Å². The second-order valence-electron chi connectivity index (χ2n) is 5.54. The Hall–Kier alpha value is -2.69. The molecule has 2 aromatic rings. The van der Waals surface area contributed by atoms with Crippen molar-refractivity contribution in [3.05, 3.63) is 47.5 Å². The Morgan fingerprint density at radius 2 is 1.67 bits per heavy atom. The highest BCUT2D eigenvalue weighted by Crippen LogP contribution is 2.29. The van der Waals surface area contributed by atoms with Gasteiger partial charge in [0.05, 0.1) is 32.9 Å². The summed E-state index contributed by atoms with van der Waals surface area (Å²) in [5, 5.41) is 2.82. The van der Waals surface area contributed by atoms with Crippen molar-refractivity contribution in [3.8, 4) is 17.2 Å². The number of ether oxygens (including phenoxy) is 3. The van der Waals surface area contributed by atoms with Crippen LogP contribution in [0.4, 0.5) is 5.69 Å².